The van der Waals surface area contributed by atoms with Gasteiger partial charge >= 0.3 is 0 Å². The number of carbonyl (C=O) groups is 1. The highest BCUT2D eigenvalue weighted by Crippen LogP contribution is 2.25. The van der Waals surface area contributed by atoms with E-state index >= 15 is 0 Å². The van der Waals surface area contributed by atoms with Crippen molar-refractivity contribution in [2.24, 2.45) is 0 Å². The van der Waals surface area contributed by atoms with E-state index < -0.39 is 0 Å². The van der Waals surface area contributed by atoms with Crippen LogP contribution < -0.4 is 15.4 Å². The lowest BCUT2D eigenvalue weighted by molar-refractivity contribution is 0.102. The minimum atomic E-state index is -0.297. The first-order chi connectivity index (χ1) is 12.5. The quantitative estimate of drug-likeness (QED) is 0.615. The number of nitrogens with one attached hydrogen (secondary N) is 2. The summed E-state index contributed by atoms with van der Waals surface area (Å²) in [4.78, 5) is 16.5. The van der Waals surface area contributed by atoms with Gasteiger partial charge in [0.1, 0.15) is 5.75 Å². The van der Waals surface area contributed by atoms with Crippen molar-refractivity contribution in [2.45, 2.75) is 0 Å². The third kappa shape index (κ3) is 4.45. The highest BCUT2D eigenvalue weighted by Gasteiger charge is 2.09. The van der Waals surface area contributed by atoms with Crippen LogP contribution in [0.3, 0.4) is 0 Å². The molecule has 0 atom stereocenters. The maximum absolute atomic E-state index is 12.4. The number of anilines is 3. The number of halogens is 2. The Balaban J connectivity index is 1.73. The van der Waals surface area contributed by atoms with Gasteiger partial charge in [-0.15, -0.1) is 0 Å². The Morgan fingerprint density at radius 2 is 1.65 bits per heavy atom. The van der Waals surface area contributed by atoms with Crippen molar-refractivity contribution in [3.8, 4) is 5.75 Å². The van der Waals surface area contributed by atoms with Gasteiger partial charge in [-0.1, -0.05) is 23.2 Å². The molecule has 2 N–H and O–H groups in total. The second-order valence-electron chi connectivity index (χ2n) is 5.40. The molecule has 1 amide bonds. The zero-order valence-corrected chi connectivity index (χ0v) is 15.3. The van der Waals surface area contributed by atoms with Gasteiger partial charge < -0.3 is 15.4 Å². The van der Waals surface area contributed by atoms with E-state index in [1.54, 1.807) is 37.6 Å². The van der Waals surface area contributed by atoms with Crippen molar-refractivity contribution in [1.29, 1.82) is 0 Å². The van der Waals surface area contributed by atoms with E-state index in [0.717, 1.165) is 11.4 Å². The summed E-state index contributed by atoms with van der Waals surface area (Å²) in [7, 11) is 1.61. The first-order valence-electron chi connectivity index (χ1n) is 7.67. The molecule has 0 radical (unpaired) electrons. The SMILES string of the molecule is COc1ccc(Nc2cncc(C(=O)Nc3ccc(Cl)c(Cl)c3)c2)cc1. The minimum Gasteiger partial charge on any atom is -0.497 e. The number of rotatable bonds is 5. The number of ether oxygens (including phenoxy) is 1. The maximum Gasteiger partial charge on any atom is 0.257 e. The van der Waals surface area contributed by atoms with Crippen LogP contribution in [0.15, 0.2) is 60.9 Å². The lowest BCUT2D eigenvalue weighted by Crippen LogP contribution is -2.12. The highest BCUT2D eigenvalue weighted by atomic mass is 35.5. The average Bonchev–Trinajstić information content (AvgIpc) is 2.65. The Morgan fingerprint density at radius 3 is 2.35 bits per heavy atom. The molecule has 26 heavy (non-hydrogen) atoms. The molecule has 7 heteroatoms. The van der Waals surface area contributed by atoms with Gasteiger partial charge in [0, 0.05) is 17.6 Å². The molecule has 3 rings (SSSR count). The fraction of sp³-hybridized carbons (Fsp3) is 0.0526. The van der Waals surface area contributed by atoms with Crippen LogP contribution in [0.25, 0.3) is 0 Å². The average molecular weight is 388 g/mol. The van der Waals surface area contributed by atoms with Crippen LogP contribution in [0.1, 0.15) is 10.4 Å². The molecule has 0 spiro atoms. The highest BCUT2D eigenvalue weighted by molar-refractivity contribution is 6.42. The lowest BCUT2D eigenvalue weighted by atomic mass is 10.2. The van der Waals surface area contributed by atoms with Crippen LogP contribution >= 0.6 is 23.2 Å². The summed E-state index contributed by atoms with van der Waals surface area (Å²) in [5.74, 6) is 0.470. The summed E-state index contributed by atoms with van der Waals surface area (Å²) in [5.41, 5.74) is 2.51. The predicted molar refractivity (Wildman–Crippen MR) is 105 cm³/mol. The first kappa shape index (κ1) is 18.0. The molecule has 2 aromatic carbocycles. The summed E-state index contributed by atoms with van der Waals surface area (Å²) in [6.45, 7) is 0. The third-order valence-electron chi connectivity index (χ3n) is 3.56. The van der Waals surface area contributed by atoms with Gasteiger partial charge in [-0.05, 0) is 48.5 Å². The molecule has 0 saturated heterocycles. The summed E-state index contributed by atoms with van der Waals surface area (Å²) < 4.78 is 5.13. The van der Waals surface area contributed by atoms with E-state index in [-0.39, 0.29) is 5.91 Å². The molecular weight excluding hydrogens is 373 g/mol. The number of pyridine rings is 1. The lowest BCUT2D eigenvalue weighted by Gasteiger charge is -2.09. The molecule has 1 aromatic heterocycles. The fourth-order valence-electron chi connectivity index (χ4n) is 2.25. The van der Waals surface area contributed by atoms with Gasteiger partial charge in [-0.25, -0.2) is 0 Å². The van der Waals surface area contributed by atoms with Crippen molar-refractivity contribution in [2.75, 3.05) is 17.7 Å². The van der Waals surface area contributed by atoms with Gasteiger partial charge in [-0.3, -0.25) is 9.78 Å². The van der Waals surface area contributed by atoms with Gasteiger partial charge in [0.05, 0.1) is 34.6 Å². The molecule has 0 aliphatic carbocycles. The van der Waals surface area contributed by atoms with Gasteiger partial charge in [0.25, 0.3) is 5.91 Å². The number of carbonyl (C=O) groups excluding carboxylic acids is 1. The van der Waals surface area contributed by atoms with Crippen molar-refractivity contribution in [3.63, 3.8) is 0 Å². The number of hydrogen-bond donors (Lipinski definition) is 2. The fourth-order valence-corrected chi connectivity index (χ4v) is 2.55. The van der Waals surface area contributed by atoms with Crippen LogP contribution in [0, 0.1) is 0 Å². The van der Waals surface area contributed by atoms with Crippen molar-refractivity contribution >= 4 is 46.2 Å². The van der Waals surface area contributed by atoms with E-state index in [0.29, 0.717) is 27.0 Å². The minimum absolute atomic E-state index is 0.297. The smallest absolute Gasteiger partial charge is 0.257 e. The second-order valence-corrected chi connectivity index (χ2v) is 6.21. The predicted octanol–water partition coefficient (Wildman–Crippen LogP) is 5.39. The Bertz CT molecular complexity index is 930. The Kier molecular flexibility index (Phi) is 5.61. The number of nitrogens with zero attached hydrogens (tertiary/aromatic N) is 1. The van der Waals surface area contributed by atoms with Crippen molar-refractivity contribution in [1.82, 2.24) is 4.98 Å². The molecule has 0 aliphatic heterocycles. The molecular formula is C19H15Cl2N3O2. The van der Waals surface area contributed by atoms with E-state index in [1.165, 1.54) is 6.20 Å². The Labute approximate surface area is 160 Å². The van der Waals surface area contributed by atoms with Gasteiger partial charge in [-0.2, -0.15) is 0 Å². The standard InChI is InChI=1S/C19H15Cl2N3O2/c1-26-16-5-2-13(3-6-16)23-15-8-12(10-22-11-15)19(25)24-14-4-7-17(20)18(21)9-14/h2-11,23H,1H3,(H,24,25). The zero-order valence-electron chi connectivity index (χ0n) is 13.8. The number of benzene rings is 2. The molecule has 1 heterocycles. The zero-order chi connectivity index (χ0) is 18.5. The maximum atomic E-state index is 12.4. The van der Waals surface area contributed by atoms with Crippen LogP contribution in [0.2, 0.25) is 10.0 Å². The normalized spacial score (nSPS) is 10.3. The molecule has 3 aromatic rings. The molecule has 132 valence electrons. The third-order valence-corrected chi connectivity index (χ3v) is 4.30. The number of amides is 1. The van der Waals surface area contributed by atoms with E-state index in [2.05, 4.69) is 15.6 Å². The second kappa shape index (κ2) is 8.08. The van der Waals surface area contributed by atoms with Crippen LogP contribution in [0.4, 0.5) is 17.1 Å². The Morgan fingerprint density at radius 1 is 0.923 bits per heavy atom. The van der Waals surface area contributed by atoms with E-state index in [9.17, 15) is 4.79 Å². The summed E-state index contributed by atoms with van der Waals surface area (Å²) in [6, 6.07) is 14.0. The molecule has 0 saturated carbocycles. The number of hydrogen-bond acceptors (Lipinski definition) is 4. The molecule has 5 nitrogen and oxygen atoms in total. The van der Waals surface area contributed by atoms with Crippen molar-refractivity contribution in [3.05, 3.63) is 76.5 Å². The van der Waals surface area contributed by atoms with Crippen LogP contribution in [0.5, 0.6) is 5.75 Å². The van der Waals surface area contributed by atoms with Gasteiger partial charge in [0.2, 0.25) is 0 Å². The summed E-state index contributed by atoms with van der Waals surface area (Å²) in [5, 5.41) is 6.76. The first-order valence-corrected chi connectivity index (χ1v) is 8.43. The molecule has 0 bridgehead atoms. The molecule has 0 aliphatic rings. The summed E-state index contributed by atoms with van der Waals surface area (Å²) >= 11 is 11.8. The number of aromatic nitrogens is 1. The molecule has 0 unspecified atom stereocenters. The monoisotopic (exact) mass is 387 g/mol. The van der Waals surface area contributed by atoms with Crippen molar-refractivity contribution < 1.29 is 9.53 Å². The van der Waals surface area contributed by atoms with Gasteiger partial charge in [0.15, 0.2) is 0 Å². The van der Waals surface area contributed by atoms with E-state index in [1.807, 2.05) is 24.3 Å². The van der Waals surface area contributed by atoms with Crippen LogP contribution in [-0.2, 0) is 0 Å². The number of methoxy groups -OCH3 is 1. The Hall–Kier alpha value is -2.76. The van der Waals surface area contributed by atoms with Crippen LogP contribution in [-0.4, -0.2) is 18.0 Å². The van der Waals surface area contributed by atoms with E-state index in [4.69, 9.17) is 27.9 Å². The topological polar surface area (TPSA) is 63.2 Å². The summed E-state index contributed by atoms with van der Waals surface area (Å²) in [6.07, 6.45) is 3.13. The molecule has 0 fully saturated rings. The largest absolute Gasteiger partial charge is 0.497 e.